The fourth-order valence-corrected chi connectivity index (χ4v) is 6.56. The third kappa shape index (κ3) is 2.25. The van der Waals surface area contributed by atoms with E-state index in [1.54, 1.807) is 28.8 Å². The highest BCUT2D eigenvalue weighted by molar-refractivity contribution is 8.00. The van der Waals surface area contributed by atoms with Gasteiger partial charge in [-0.15, -0.1) is 0 Å². The SMILES string of the molecule is O=S(=O)(c1c[nH]c2ncccc12)N1CCS[C@@H]2COCC[C@H]21. The quantitative estimate of drug-likeness (QED) is 0.896. The van der Waals surface area contributed by atoms with Crippen molar-refractivity contribution in [2.75, 3.05) is 25.5 Å². The van der Waals surface area contributed by atoms with E-state index in [2.05, 4.69) is 9.97 Å². The van der Waals surface area contributed by atoms with E-state index in [9.17, 15) is 8.42 Å². The molecule has 0 aromatic carbocycles. The number of fused-ring (bicyclic) bond motifs is 2. The van der Waals surface area contributed by atoms with Crippen molar-refractivity contribution in [3.8, 4) is 0 Å². The van der Waals surface area contributed by atoms with Crippen molar-refractivity contribution in [1.29, 1.82) is 0 Å². The van der Waals surface area contributed by atoms with Crippen molar-refractivity contribution in [2.45, 2.75) is 22.6 Å². The minimum atomic E-state index is -3.52. The number of sulfonamides is 1. The molecule has 22 heavy (non-hydrogen) atoms. The molecule has 2 aromatic heterocycles. The number of hydrogen-bond acceptors (Lipinski definition) is 5. The lowest BCUT2D eigenvalue weighted by Crippen LogP contribution is -2.54. The zero-order valence-electron chi connectivity index (χ0n) is 11.9. The lowest BCUT2D eigenvalue weighted by atomic mass is 10.1. The number of ether oxygens (including phenoxy) is 1. The maximum absolute atomic E-state index is 13.1. The molecular weight excluding hydrogens is 322 g/mol. The first-order valence-electron chi connectivity index (χ1n) is 7.31. The van der Waals surface area contributed by atoms with Crippen LogP contribution in [0.1, 0.15) is 6.42 Å². The Morgan fingerprint density at radius 1 is 1.45 bits per heavy atom. The summed E-state index contributed by atoms with van der Waals surface area (Å²) < 4.78 is 33.5. The molecule has 8 heteroatoms. The van der Waals surface area contributed by atoms with Gasteiger partial charge in [-0.1, -0.05) is 0 Å². The number of pyridine rings is 1. The average Bonchev–Trinajstić information content (AvgIpc) is 2.99. The van der Waals surface area contributed by atoms with Crippen molar-refractivity contribution in [2.24, 2.45) is 0 Å². The Morgan fingerprint density at radius 2 is 2.36 bits per heavy atom. The van der Waals surface area contributed by atoms with Gasteiger partial charge in [0.15, 0.2) is 0 Å². The molecule has 2 saturated heterocycles. The molecule has 0 aliphatic carbocycles. The van der Waals surface area contributed by atoms with Crippen LogP contribution in [0.3, 0.4) is 0 Å². The van der Waals surface area contributed by atoms with Crippen LogP contribution in [0.4, 0.5) is 0 Å². The number of nitrogens with one attached hydrogen (secondary N) is 1. The van der Waals surface area contributed by atoms with Gasteiger partial charge in [0.05, 0.1) is 6.61 Å². The highest BCUT2D eigenvalue weighted by atomic mass is 32.2. The standard InChI is InChI=1S/C14H17N3O3S2/c18-22(19,13-8-16-14-10(13)2-1-4-15-14)17-5-7-21-12-9-20-6-3-11(12)17/h1-2,4,8,11-12H,3,5-7,9H2,(H,15,16)/t11-,12-/m1/s1. The predicted octanol–water partition coefficient (Wildman–Crippen LogP) is 1.46. The largest absolute Gasteiger partial charge is 0.380 e. The van der Waals surface area contributed by atoms with Gasteiger partial charge in [-0.3, -0.25) is 0 Å². The molecule has 4 heterocycles. The molecule has 2 atom stereocenters. The van der Waals surface area contributed by atoms with Gasteiger partial charge in [-0.25, -0.2) is 13.4 Å². The van der Waals surface area contributed by atoms with Gasteiger partial charge in [0.1, 0.15) is 10.5 Å². The molecule has 2 aliphatic heterocycles. The zero-order chi connectivity index (χ0) is 15.2. The lowest BCUT2D eigenvalue weighted by Gasteiger charge is -2.42. The molecule has 1 N–H and O–H groups in total. The van der Waals surface area contributed by atoms with E-state index in [1.807, 2.05) is 11.8 Å². The molecule has 0 radical (unpaired) electrons. The predicted molar refractivity (Wildman–Crippen MR) is 85.5 cm³/mol. The van der Waals surface area contributed by atoms with Crippen LogP contribution in [-0.2, 0) is 14.8 Å². The number of aromatic nitrogens is 2. The van der Waals surface area contributed by atoms with Crippen LogP contribution in [0.5, 0.6) is 0 Å². The Kier molecular flexibility index (Phi) is 3.64. The summed E-state index contributed by atoms with van der Waals surface area (Å²) in [5.41, 5.74) is 0.607. The van der Waals surface area contributed by atoms with Crippen molar-refractivity contribution in [3.63, 3.8) is 0 Å². The summed E-state index contributed by atoms with van der Waals surface area (Å²) in [4.78, 5) is 7.46. The van der Waals surface area contributed by atoms with Gasteiger partial charge in [0.2, 0.25) is 10.0 Å². The molecule has 6 nitrogen and oxygen atoms in total. The second-order valence-electron chi connectivity index (χ2n) is 5.51. The van der Waals surface area contributed by atoms with Gasteiger partial charge in [-0.2, -0.15) is 16.1 Å². The van der Waals surface area contributed by atoms with E-state index in [4.69, 9.17) is 4.74 Å². The van der Waals surface area contributed by atoms with Crippen LogP contribution >= 0.6 is 11.8 Å². The Bertz CT molecular complexity index is 787. The molecule has 0 unspecified atom stereocenters. The molecule has 0 spiro atoms. The smallest absolute Gasteiger partial charge is 0.245 e. The number of rotatable bonds is 2. The van der Waals surface area contributed by atoms with Crippen LogP contribution < -0.4 is 0 Å². The van der Waals surface area contributed by atoms with Crippen LogP contribution in [0.2, 0.25) is 0 Å². The van der Waals surface area contributed by atoms with E-state index in [0.29, 0.717) is 35.7 Å². The van der Waals surface area contributed by atoms with Crippen LogP contribution in [0, 0.1) is 0 Å². The monoisotopic (exact) mass is 339 g/mol. The van der Waals surface area contributed by atoms with Crippen LogP contribution in [-0.4, -0.2) is 59.5 Å². The first kappa shape index (κ1) is 14.5. The number of aromatic amines is 1. The highest BCUT2D eigenvalue weighted by Gasteiger charge is 2.41. The minimum absolute atomic E-state index is 0.0270. The summed E-state index contributed by atoms with van der Waals surface area (Å²) in [6, 6.07) is 3.59. The molecule has 0 bridgehead atoms. The Morgan fingerprint density at radius 3 is 3.27 bits per heavy atom. The van der Waals surface area contributed by atoms with E-state index < -0.39 is 10.0 Å². The Labute approximate surface area is 133 Å². The number of thioether (sulfide) groups is 1. The molecule has 118 valence electrons. The van der Waals surface area contributed by atoms with E-state index >= 15 is 0 Å². The molecule has 0 saturated carbocycles. The maximum Gasteiger partial charge on any atom is 0.245 e. The van der Waals surface area contributed by atoms with Gasteiger partial charge in [0, 0.05) is 48.0 Å². The summed E-state index contributed by atoms with van der Waals surface area (Å²) in [7, 11) is -3.52. The third-order valence-electron chi connectivity index (χ3n) is 4.28. The number of nitrogens with zero attached hydrogens (tertiary/aromatic N) is 2. The van der Waals surface area contributed by atoms with E-state index in [1.165, 1.54) is 0 Å². The lowest BCUT2D eigenvalue weighted by molar-refractivity contribution is 0.0625. The summed E-state index contributed by atoms with van der Waals surface area (Å²) in [5.74, 6) is 0.810. The number of hydrogen-bond donors (Lipinski definition) is 1. The second-order valence-corrected chi connectivity index (χ2v) is 8.71. The second kappa shape index (κ2) is 5.52. The van der Waals surface area contributed by atoms with Gasteiger partial charge in [0.25, 0.3) is 0 Å². The van der Waals surface area contributed by atoms with Crippen molar-refractivity contribution in [1.82, 2.24) is 14.3 Å². The summed E-state index contributed by atoms with van der Waals surface area (Å²) >= 11 is 1.82. The Hall–Kier alpha value is -1.09. The van der Waals surface area contributed by atoms with E-state index in [0.717, 1.165) is 12.2 Å². The maximum atomic E-state index is 13.1. The van der Waals surface area contributed by atoms with Crippen molar-refractivity contribution < 1.29 is 13.2 Å². The first-order chi connectivity index (χ1) is 10.7. The topological polar surface area (TPSA) is 75.3 Å². The molecule has 2 fully saturated rings. The molecule has 4 rings (SSSR count). The van der Waals surface area contributed by atoms with Crippen molar-refractivity contribution in [3.05, 3.63) is 24.5 Å². The fraction of sp³-hybridized carbons (Fsp3) is 0.500. The van der Waals surface area contributed by atoms with Gasteiger partial charge in [-0.05, 0) is 18.6 Å². The third-order valence-corrected chi connectivity index (χ3v) is 7.54. The van der Waals surface area contributed by atoms with Gasteiger partial charge < -0.3 is 9.72 Å². The zero-order valence-corrected chi connectivity index (χ0v) is 13.6. The van der Waals surface area contributed by atoms with Crippen LogP contribution in [0.15, 0.2) is 29.4 Å². The fourth-order valence-electron chi connectivity index (χ4n) is 3.22. The van der Waals surface area contributed by atoms with Crippen molar-refractivity contribution >= 4 is 32.8 Å². The summed E-state index contributed by atoms with van der Waals surface area (Å²) in [6.45, 7) is 1.82. The number of H-pyrrole nitrogens is 1. The van der Waals surface area contributed by atoms with E-state index in [-0.39, 0.29) is 11.3 Å². The normalized spacial score (nSPS) is 26.9. The Balaban J connectivity index is 1.76. The first-order valence-corrected chi connectivity index (χ1v) is 9.80. The minimum Gasteiger partial charge on any atom is -0.380 e. The highest BCUT2D eigenvalue weighted by Crippen LogP contribution is 2.35. The van der Waals surface area contributed by atoms with Crippen LogP contribution in [0.25, 0.3) is 11.0 Å². The molecule has 2 aliphatic rings. The summed E-state index contributed by atoms with van der Waals surface area (Å²) in [5, 5.41) is 0.893. The molecular formula is C14H17N3O3S2. The average molecular weight is 339 g/mol. The summed E-state index contributed by atoms with van der Waals surface area (Å²) in [6.07, 6.45) is 3.97. The van der Waals surface area contributed by atoms with Gasteiger partial charge >= 0.3 is 0 Å². The molecule has 2 aromatic rings. The molecule has 0 amide bonds.